The van der Waals surface area contributed by atoms with Crippen molar-refractivity contribution in [1.29, 1.82) is 0 Å². The van der Waals surface area contributed by atoms with Crippen LogP contribution in [0.3, 0.4) is 0 Å². The molecule has 4 nitrogen and oxygen atoms in total. The molecule has 0 fully saturated rings. The van der Waals surface area contributed by atoms with Crippen LogP contribution in [-0.2, 0) is 4.57 Å². The minimum atomic E-state index is -3.33. The topological polar surface area (TPSA) is 47.8 Å². The first-order chi connectivity index (χ1) is 13.3. The molecule has 5 heteroatoms. The summed E-state index contributed by atoms with van der Waals surface area (Å²) in [6.07, 6.45) is 3.36. The molecule has 3 heterocycles. The lowest BCUT2D eigenvalue weighted by Gasteiger charge is -2.21. The van der Waals surface area contributed by atoms with E-state index in [0.29, 0.717) is 10.9 Å². The molecule has 0 aliphatic rings. The van der Waals surface area contributed by atoms with Gasteiger partial charge in [0, 0.05) is 23.2 Å². The average molecular weight is 369 g/mol. The van der Waals surface area contributed by atoms with Crippen LogP contribution in [0.1, 0.15) is 0 Å². The summed E-state index contributed by atoms with van der Waals surface area (Å²) in [4.78, 5) is 8.95. The maximum atomic E-state index is 14.7. The van der Waals surface area contributed by atoms with Gasteiger partial charge in [0.25, 0.3) is 7.29 Å². The fourth-order valence-electron chi connectivity index (χ4n) is 3.59. The highest BCUT2D eigenvalue weighted by Crippen LogP contribution is 2.49. The molecule has 0 saturated heterocycles. The molecule has 0 amide bonds. The Morgan fingerprint density at radius 2 is 1.04 bits per heavy atom. The Labute approximate surface area is 156 Å². The molecule has 0 bridgehead atoms. The van der Waals surface area contributed by atoms with Crippen molar-refractivity contribution in [3.63, 3.8) is 0 Å². The second-order valence-electron chi connectivity index (χ2n) is 6.30. The molecule has 0 unspecified atom stereocenters. The highest BCUT2D eigenvalue weighted by Gasteiger charge is 2.35. The van der Waals surface area contributed by atoms with E-state index in [1.807, 2.05) is 77.1 Å². The molecule has 5 aromatic rings. The van der Waals surface area contributed by atoms with E-state index in [9.17, 15) is 4.57 Å². The molecule has 0 aliphatic heterocycles. The van der Waals surface area contributed by atoms with Crippen molar-refractivity contribution < 1.29 is 4.57 Å². The van der Waals surface area contributed by atoms with E-state index in [4.69, 9.17) is 0 Å². The first kappa shape index (κ1) is 16.0. The number of nitrogens with zero attached hydrogens (tertiary/aromatic N) is 3. The Morgan fingerprint density at radius 1 is 0.593 bits per heavy atom. The number of aromatic nitrogens is 3. The number of hydrogen-bond acceptors (Lipinski definition) is 3. The molecule has 5 rings (SSSR count). The Hall–Kier alpha value is -3.23. The maximum absolute atomic E-state index is 14.7. The van der Waals surface area contributed by atoms with Crippen molar-refractivity contribution in [3.8, 4) is 0 Å². The third kappa shape index (κ3) is 2.34. The molecule has 130 valence electrons. The van der Waals surface area contributed by atoms with Gasteiger partial charge in [-0.1, -0.05) is 48.5 Å². The lowest BCUT2D eigenvalue weighted by molar-refractivity contribution is 0.582. The fraction of sp³-hybridized carbons (Fsp3) is 0. The van der Waals surface area contributed by atoms with Gasteiger partial charge >= 0.3 is 0 Å². The first-order valence-electron chi connectivity index (χ1n) is 8.72. The molecular weight excluding hydrogens is 353 g/mol. The zero-order valence-electron chi connectivity index (χ0n) is 14.4. The first-order valence-corrected chi connectivity index (χ1v) is 10.4. The second kappa shape index (κ2) is 6.19. The molecular formula is C22H16N3OP. The number of pyridine rings is 2. The predicted molar refractivity (Wildman–Crippen MR) is 110 cm³/mol. The van der Waals surface area contributed by atoms with Crippen LogP contribution in [0.4, 0.5) is 0 Å². The van der Waals surface area contributed by atoms with E-state index in [1.54, 1.807) is 12.4 Å². The summed E-state index contributed by atoms with van der Waals surface area (Å²) in [5.74, 6) is 0. The summed E-state index contributed by atoms with van der Waals surface area (Å²) >= 11 is 0. The van der Waals surface area contributed by atoms with E-state index >= 15 is 0 Å². The van der Waals surface area contributed by atoms with Crippen molar-refractivity contribution in [2.45, 2.75) is 0 Å². The number of fused-ring (bicyclic) bond motifs is 3. The summed E-state index contributed by atoms with van der Waals surface area (Å²) in [7, 11) is -3.33. The van der Waals surface area contributed by atoms with E-state index in [-0.39, 0.29) is 0 Å². The Morgan fingerprint density at radius 3 is 1.48 bits per heavy atom. The van der Waals surface area contributed by atoms with Gasteiger partial charge in [-0.25, -0.2) is 0 Å². The Balaban J connectivity index is 1.99. The predicted octanol–water partition coefficient (Wildman–Crippen LogP) is 4.36. The van der Waals surface area contributed by atoms with Gasteiger partial charge in [-0.05, 0) is 36.4 Å². The van der Waals surface area contributed by atoms with Crippen LogP contribution in [0.5, 0.6) is 0 Å². The standard InChI is InChI=1S/C22H16N3OP/c26-27(21-13-5-7-15-23-21,22-14-6-8-16-24-22)25-19-11-3-1-9-17(19)18-10-2-4-12-20(18)25/h1-16H. The monoisotopic (exact) mass is 369 g/mol. The van der Waals surface area contributed by atoms with E-state index in [1.165, 1.54) is 0 Å². The summed E-state index contributed by atoms with van der Waals surface area (Å²) in [5, 5.41) is 2.14. The van der Waals surface area contributed by atoms with Gasteiger partial charge in [0.2, 0.25) is 0 Å². The molecule has 0 aliphatic carbocycles. The smallest absolute Gasteiger partial charge is 0.269 e. The van der Waals surface area contributed by atoms with Crippen molar-refractivity contribution in [3.05, 3.63) is 97.3 Å². The molecule has 3 aromatic heterocycles. The molecule has 0 radical (unpaired) electrons. The van der Waals surface area contributed by atoms with Crippen LogP contribution in [0.2, 0.25) is 0 Å². The van der Waals surface area contributed by atoms with Crippen LogP contribution in [0.25, 0.3) is 21.8 Å². The SMILES string of the molecule is O=P(c1ccccn1)(c1ccccn1)n1c2ccccc2c2ccccc21. The number of benzene rings is 2. The highest BCUT2D eigenvalue weighted by molar-refractivity contribution is 7.77. The lowest BCUT2D eigenvalue weighted by Crippen LogP contribution is -2.25. The van der Waals surface area contributed by atoms with Crippen LogP contribution in [0, 0.1) is 0 Å². The minimum absolute atomic E-state index is 0.523. The third-order valence-corrected chi connectivity index (χ3v) is 7.52. The summed E-state index contributed by atoms with van der Waals surface area (Å²) < 4.78 is 16.7. The second-order valence-corrected chi connectivity index (χ2v) is 8.77. The number of rotatable bonds is 3. The zero-order chi connectivity index (χ0) is 18.3. The maximum Gasteiger partial charge on any atom is 0.269 e. The molecule has 27 heavy (non-hydrogen) atoms. The van der Waals surface area contributed by atoms with E-state index < -0.39 is 7.29 Å². The fourth-order valence-corrected chi connectivity index (χ4v) is 6.22. The van der Waals surface area contributed by atoms with Crippen molar-refractivity contribution in [2.75, 3.05) is 0 Å². The van der Waals surface area contributed by atoms with E-state index in [2.05, 4.69) is 22.1 Å². The lowest BCUT2D eigenvalue weighted by atomic mass is 10.2. The summed E-state index contributed by atoms with van der Waals surface area (Å²) in [6.45, 7) is 0. The van der Waals surface area contributed by atoms with Crippen LogP contribution >= 0.6 is 7.29 Å². The van der Waals surface area contributed by atoms with Crippen molar-refractivity contribution >= 4 is 40.0 Å². The minimum Gasteiger partial charge on any atom is -0.286 e. The normalized spacial score (nSPS) is 11.9. The molecule has 0 saturated carbocycles. The highest BCUT2D eigenvalue weighted by atomic mass is 31.2. The van der Waals surface area contributed by atoms with Crippen molar-refractivity contribution in [2.24, 2.45) is 0 Å². The van der Waals surface area contributed by atoms with Gasteiger partial charge in [0.05, 0.1) is 11.0 Å². The molecule has 0 atom stereocenters. The van der Waals surface area contributed by atoms with Gasteiger partial charge < -0.3 is 0 Å². The van der Waals surface area contributed by atoms with Gasteiger partial charge in [0.1, 0.15) is 10.9 Å². The summed E-state index contributed by atoms with van der Waals surface area (Å²) in [6, 6.07) is 27.1. The molecule has 2 aromatic carbocycles. The van der Waals surface area contributed by atoms with Gasteiger partial charge in [-0.15, -0.1) is 0 Å². The average Bonchev–Trinajstić information content (AvgIpc) is 3.09. The summed E-state index contributed by atoms with van der Waals surface area (Å²) in [5.41, 5.74) is 2.88. The third-order valence-electron chi connectivity index (χ3n) is 4.76. The Kier molecular flexibility index (Phi) is 3.66. The number of hydrogen-bond donors (Lipinski definition) is 0. The van der Waals surface area contributed by atoms with Gasteiger partial charge in [0.15, 0.2) is 0 Å². The van der Waals surface area contributed by atoms with Gasteiger partial charge in [-0.2, -0.15) is 0 Å². The molecule has 0 spiro atoms. The van der Waals surface area contributed by atoms with Crippen LogP contribution < -0.4 is 10.9 Å². The largest absolute Gasteiger partial charge is 0.286 e. The molecule has 0 N–H and O–H groups in total. The quantitative estimate of drug-likeness (QED) is 0.444. The number of para-hydroxylation sites is 2. The Bertz CT molecular complexity index is 1200. The van der Waals surface area contributed by atoms with Gasteiger partial charge in [-0.3, -0.25) is 18.9 Å². The van der Waals surface area contributed by atoms with Crippen LogP contribution in [0.15, 0.2) is 97.3 Å². The van der Waals surface area contributed by atoms with Crippen molar-refractivity contribution in [1.82, 2.24) is 14.3 Å². The van der Waals surface area contributed by atoms with Crippen LogP contribution in [-0.4, -0.2) is 14.3 Å². The van der Waals surface area contributed by atoms with E-state index in [0.717, 1.165) is 21.8 Å². The zero-order valence-corrected chi connectivity index (χ0v) is 15.3.